The predicted octanol–water partition coefficient (Wildman–Crippen LogP) is 5.42. The summed E-state index contributed by atoms with van der Waals surface area (Å²) in [6.07, 6.45) is -20.9. The zero-order valence-corrected chi connectivity index (χ0v) is 13.7. The highest BCUT2D eigenvalue weighted by Crippen LogP contribution is 2.51. The van der Waals surface area contributed by atoms with Crippen LogP contribution in [0, 0.1) is 0 Å². The van der Waals surface area contributed by atoms with Gasteiger partial charge < -0.3 is 5.32 Å². The highest BCUT2D eigenvalue weighted by molar-refractivity contribution is 9.10. The molecule has 1 rings (SSSR count). The molecule has 1 atom stereocenters. The van der Waals surface area contributed by atoms with Gasteiger partial charge in [0.1, 0.15) is 0 Å². The molecule has 0 saturated heterocycles. The van der Waals surface area contributed by atoms with Crippen molar-refractivity contribution in [1.82, 2.24) is 0 Å². The van der Waals surface area contributed by atoms with Crippen LogP contribution in [0.1, 0.15) is 0 Å². The lowest BCUT2D eigenvalue weighted by Gasteiger charge is -2.34. The standard InChI is InChI=1S/C12H5BrF11NO2/c13-5-1-3-6(4-2-5)25-7(26)8(14,10(17,18)19)27-12(23,24)9(15,16)11(20,21)22/h1-4H,(H,25,26)/t8-/m0/s1. The molecule has 0 fully saturated rings. The van der Waals surface area contributed by atoms with Crippen molar-refractivity contribution in [3.05, 3.63) is 28.7 Å². The second-order valence-electron chi connectivity index (χ2n) is 4.75. The number of amides is 1. The largest absolute Gasteiger partial charge is 0.462 e. The summed E-state index contributed by atoms with van der Waals surface area (Å²) in [5.74, 6) is -16.6. The maximum absolute atomic E-state index is 13.9. The van der Waals surface area contributed by atoms with Gasteiger partial charge in [0.05, 0.1) is 0 Å². The van der Waals surface area contributed by atoms with Crippen molar-refractivity contribution in [2.75, 3.05) is 5.32 Å². The lowest BCUT2D eigenvalue weighted by Crippen LogP contribution is -2.62. The van der Waals surface area contributed by atoms with Crippen LogP contribution >= 0.6 is 15.9 Å². The summed E-state index contributed by atoms with van der Waals surface area (Å²) in [6, 6.07) is 3.86. The zero-order chi connectivity index (χ0) is 21.5. The van der Waals surface area contributed by atoms with Crippen molar-refractivity contribution in [2.24, 2.45) is 0 Å². The predicted molar refractivity (Wildman–Crippen MR) is 69.7 cm³/mol. The summed E-state index contributed by atoms with van der Waals surface area (Å²) in [7, 11) is 0. The Balaban J connectivity index is 3.27. The van der Waals surface area contributed by atoms with E-state index >= 15 is 0 Å². The smallest absolute Gasteiger partial charge is 0.321 e. The first-order valence-electron chi connectivity index (χ1n) is 6.20. The summed E-state index contributed by atoms with van der Waals surface area (Å²) in [4.78, 5) is 11.4. The SMILES string of the molecule is O=C(Nc1ccc(Br)cc1)[C@](F)(OC(F)(F)C(F)(F)C(F)(F)F)C(F)(F)F. The molecular formula is C12H5BrF11NO2. The van der Waals surface area contributed by atoms with Crippen LogP contribution in [0.2, 0.25) is 0 Å². The van der Waals surface area contributed by atoms with E-state index in [1.54, 1.807) is 0 Å². The lowest BCUT2D eigenvalue weighted by molar-refractivity contribution is -0.472. The van der Waals surface area contributed by atoms with Gasteiger partial charge in [-0.2, -0.15) is 48.3 Å². The number of alkyl halides is 11. The zero-order valence-electron chi connectivity index (χ0n) is 12.2. The van der Waals surface area contributed by atoms with Gasteiger partial charge in [-0.05, 0) is 24.3 Å². The maximum atomic E-state index is 13.9. The Morgan fingerprint density at radius 3 is 1.63 bits per heavy atom. The third kappa shape index (κ3) is 4.62. The average Bonchev–Trinajstić information content (AvgIpc) is 2.46. The van der Waals surface area contributed by atoms with Crippen molar-refractivity contribution in [3.8, 4) is 0 Å². The Morgan fingerprint density at radius 2 is 1.26 bits per heavy atom. The molecule has 1 N–H and O–H groups in total. The first-order chi connectivity index (χ1) is 11.8. The number of ether oxygens (including phenoxy) is 1. The molecule has 0 aliphatic heterocycles. The first kappa shape index (κ1) is 23.4. The summed E-state index contributed by atoms with van der Waals surface area (Å²) in [5.41, 5.74) is -0.635. The monoisotopic (exact) mass is 483 g/mol. The van der Waals surface area contributed by atoms with Crippen LogP contribution in [0.5, 0.6) is 0 Å². The summed E-state index contributed by atoms with van der Waals surface area (Å²) in [6.45, 7) is 0. The molecule has 0 bridgehead atoms. The van der Waals surface area contributed by atoms with E-state index in [9.17, 15) is 53.1 Å². The second-order valence-corrected chi connectivity index (χ2v) is 5.66. The summed E-state index contributed by atoms with van der Waals surface area (Å²) in [5, 5.41) is 1.09. The minimum atomic E-state index is -7.24. The minimum Gasteiger partial charge on any atom is -0.321 e. The molecule has 0 spiro atoms. The van der Waals surface area contributed by atoms with Crippen LogP contribution in [0.4, 0.5) is 54.0 Å². The molecule has 0 aliphatic rings. The van der Waals surface area contributed by atoms with E-state index in [4.69, 9.17) is 0 Å². The van der Waals surface area contributed by atoms with Gasteiger partial charge in [0, 0.05) is 10.2 Å². The topological polar surface area (TPSA) is 38.3 Å². The second kappa shape index (κ2) is 7.07. The van der Waals surface area contributed by atoms with Crippen LogP contribution in [0.25, 0.3) is 0 Å². The Labute approximate surface area is 150 Å². The van der Waals surface area contributed by atoms with Gasteiger partial charge in [0.15, 0.2) is 0 Å². The molecule has 154 valence electrons. The van der Waals surface area contributed by atoms with E-state index in [2.05, 4.69) is 20.7 Å². The van der Waals surface area contributed by atoms with Gasteiger partial charge in [0.2, 0.25) is 0 Å². The summed E-state index contributed by atoms with van der Waals surface area (Å²) < 4.78 is 142. The molecule has 0 heterocycles. The molecule has 0 unspecified atom stereocenters. The van der Waals surface area contributed by atoms with Gasteiger partial charge in [-0.3, -0.25) is 9.53 Å². The molecule has 1 amide bonds. The fourth-order valence-electron chi connectivity index (χ4n) is 1.38. The number of carbonyl (C=O) groups excluding carboxylic acids is 1. The molecule has 1 aromatic carbocycles. The quantitative estimate of drug-likeness (QED) is 0.568. The van der Waals surface area contributed by atoms with Gasteiger partial charge in [-0.1, -0.05) is 15.9 Å². The van der Waals surface area contributed by atoms with Crippen molar-refractivity contribution >= 4 is 27.5 Å². The molecule has 15 heteroatoms. The van der Waals surface area contributed by atoms with E-state index in [1.807, 2.05) is 0 Å². The van der Waals surface area contributed by atoms with Crippen molar-refractivity contribution in [2.45, 2.75) is 30.2 Å². The molecule has 3 nitrogen and oxygen atoms in total. The number of rotatable bonds is 5. The number of carbonyl (C=O) groups is 1. The fourth-order valence-corrected chi connectivity index (χ4v) is 1.65. The summed E-state index contributed by atoms with van der Waals surface area (Å²) >= 11 is 2.88. The molecule has 1 aromatic rings. The normalized spacial score (nSPS) is 16.0. The third-order valence-corrected chi connectivity index (χ3v) is 3.28. The van der Waals surface area contributed by atoms with Crippen molar-refractivity contribution in [1.29, 1.82) is 0 Å². The average molecular weight is 484 g/mol. The van der Waals surface area contributed by atoms with Crippen LogP contribution in [0.15, 0.2) is 28.7 Å². The van der Waals surface area contributed by atoms with Crippen molar-refractivity contribution in [3.63, 3.8) is 0 Å². The Bertz CT molecular complexity index is 686. The van der Waals surface area contributed by atoms with E-state index in [0.29, 0.717) is 4.47 Å². The highest BCUT2D eigenvalue weighted by atomic mass is 79.9. The van der Waals surface area contributed by atoms with E-state index < -0.39 is 41.8 Å². The number of halogens is 12. The highest BCUT2D eigenvalue weighted by Gasteiger charge is 2.79. The lowest BCUT2D eigenvalue weighted by atomic mass is 10.2. The van der Waals surface area contributed by atoms with Gasteiger partial charge in [-0.25, -0.2) is 0 Å². The number of anilines is 1. The third-order valence-electron chi connectivity index (χ3n) is 2.75. The van der Waals surface area contributed by atoms with Crippen LogP contribution in [0.3, 0.4) is 0 Å². The number of benzene rings is 1. The molecule has 0 saturated carbocycles. The van der Waals surface area contributed by atoms with Gasteiger partial charge in [-0.15, -0.1) is 0 Å². The molecule has 27 heavy (non-hydrogen) atoms. The number of nitrogens with one attached hydrogen (secondary N) is 1. The molecular weight excluding hydrogens is 479 g/mol. The van der Waals surface area contributed by atoms with E-state index in [1.165, 1.54) is 0 Å². The number of hydrogen-bond acceptors (Lipinski definition) is 2. The molecule has 0 radical (unpaired) electrons. The number of hydrogen-bond donors (Lipinski definition) is 1. The Hall–Kier alpha value is -1.64. The Morgan fingerprint density at radius 1 is 0.815 bits per heavy atom. The molecule has 0 aliphatic carbocycles. The first-order valence-corrected chi connectivity index (χ1v) is 6.99. The minimum absolute atomic E-state index is 0.315. The van der Waals surface area contributed by atoms with Gasteiger partial charge in [0.25, 0.3) is 5.91 Å². The fraction of sp³-hybridized carbons (Fsp3) is 0.417. The van der Waals surface area contributed by atoms with Gasteiger partial charge >= 0.3 is 30.2 Å². The van der Waals surface area contributed by atoms with Crippen LogP contribution < -0.4 is 5.32 Å². The van der Waals surface area contributed by atoms with E-state index in [-0.39, 0.29) is 0 Å². The van der Waals surface area contributed by atoms with Crippen LogP contribution in [-0.2, 0) is 9.53 Å². The van der Waals surface area contributed by atoms with E-state index in [0.717, 1.165) is 29.6 Å². The molecule has 0 aromatic heterocycles. The Kier molecular flexibility index (Phi) is 6.13. The maximum Gasteiger partial charge on any atom is 0.462 e. The van der Waals surface area contributed by atoms with Crippen LogP contribution in [-0.4, -0.2) is 36.1 Å². The van der Waals surface area contributed by atoms with Crippen molar-refractivity contribution < 1.29 is 57.8 Å².